The lowest BCUT2D eigenvalue weighted by atomic mass is 10.0. The molecule has 4 heteroatoms. The van der Waals surface area contributed by atoms with Crippen molar-refractivity contribution in [3.63, 3.8) is 0 Å². The molecule has 0 aliphatic carbocycles. The number of halogens is 2. The van der Waals surface area contributed by atoms with Crippen LogP contribution in [0.3, 0.4) is 0 Å². The van der Waals surface area contributed by atoms with E-state index >= 15 is 0 Å². The predicted octanol–water partition coefficient (Wildman–Crippen LogP) is 4.84. The summed E-state index contributed by atoms with van der Waals surface area (Å²) >= 11 is 3.63. The zero-order valence-corrected chi connectivity index (χ0v) is 13.0. The first-order chi connectivity index (χ1) is 8.95. The van der Waals surface area contributed by atoms with Gasteiger partial charge in [-0.05, 0) is 44.5 Å². The van der Waals surface area contributed by atoms with Crippen LogP contribution in [0.1, 0.15) is 33.0 Å². The third kappa shape index (κ3) is 2.54. The number of ether oxygens (including phenoxy) is 1. The van der Waals surface area contributed by atoms with Gasteiger partial charge in [0.2, 0.25) is 0 Å². The van der Waals surface area contributed by atoms with Crippen LogP contribution < -0.4 is 4.74 Å². The molecule has 2 nitrogen and oxygen atoms in total. The minimum Gasteiger partial charge on any atom is -0.496 e. The van der Waals surface area contributed by atoms with Gasteiger partial charge in [-0.15, -0.1) is 0 Å². The van der Waals surface area contributed by atoms with Crippen LogP contribution in [0.15, 0.2) is 22.6 Å². The maximum Gasteiger partial charge on any atom is 0.123 e. The summed E-state index contributed by atoms with van der Waals surface area (Å²) in [4.78, 5) is -0.157. The molecule has 0 aliphatic rings. The Balaban J connectivity index is 2.55. The molecule has 0 saturated carbocycles. The second kappa shape index (κ2) is 5.37. The first kappa shape index (κ1) is 14.1. The highest BCUT2D eigenvalue weighted by Crippen LogP contribution is 2.41. The first-order valence-corrected chi connectivity index (χ1v) is 6.91. The highest BCUT2D eigenvalue weighted by Gasteiger charge is 2.23. The Hall–Kier alpha value is -1.29. The SMILES string of the molecule is COc1ccc(F)cc1C(Br)c1c(C)oc(C)c1C. The number of aryl methyl sites for hydroxylation is 2. The molecule has 19 heavy (non-hydrogen) atoms. The number of rotatable bonds is 3. The topological polar surface area (TPSA) is 22.4 Å². The standard InChI is InChI=1S/C15H16BrFO2/c1-8-9(2)19-10(3)14(8)15(16)12-7-11(17)5-6-13(12)18-4/h5-7,15H,1-4H3. The molecule has 0 fully saturated rings. The van der Waals surface area contributed by atoms with E-state index in [-0.39, 0.29) is 10.6 Å². The van der Waals surface area contributed by atoms with Crippen molar-refractivity contribution in [2.75, 3.05) is 7.11 Å². The predicted molar refractivity (Wildman–Crippen MR) is 76.6 cm³/mol. The van der Waals surface area contributed by atoms with Gasteiger partial charge in [-0.25, -0.2) is 4.39 Å². The van der Waals surface area contributed by atoms with E-state index in [1.807, 2.05) is 20.8 Å². The monoisotopic (exact) mass is 326 g/mol. The van der Waals surface area contributed by atoms with Crippen LogP contribution in [-0.4, -0.2) is 7.11 Å². The van der Waals surface area contributed by atoms with Gasteiger partial charge < -0.3 is 9.15 Å². The van der Waals surface area contributed by atoms with Crippen molar-refractivity contribution in [3.05, 3.63) is 52.2 Å². The molecule has 1 unspecified atom stereocenters. The molecule has 102 valence electrons. The number of furan rings is 1. The molecule has 0 aliphatic heterocycles. The Morgan fingerprint density at radius 3 is 2.42 bits per heavy atom. The third-order valence-corrected chi connectivity index (χ3v) is 4.29. The van der Waals surface area contributed by atoms with Crippen molar-refractivity contribution in [2.45, 2.75) is 25.6 Å². The van der Waals surface area contributed by atoms with Gasteiger partial charge >= 0.3 is 0 Å². The van der Waals surface area contributed by atoms with E-state index in [2.05, 4.69) is 15.9 Å². The largest absolute Gasteiger partial charge is 0.496 e. The third-order valence-electron chi connectivity index (χ3n) is 3.34. The van der Waals surface area contributed by atoms with E-state index in [1.165, 1.54) is 12.1 Å². The molecule has 0 bridgehead atoms. The molecule has 1 atom stereocenters. The van der Waals surface area contributed by atoms with E-state index in [1.54, 1.807) is 13.2 Å². The van der Waals surface area contributed by atoms with Gasteiger partial charge in [-0.2, -0.15) is 0 Å². The maximum absolute atomic E-state index is 13.5. The molecule has 0 amide bonds. The van der Waals surface area contributed by atoms with Crippen molar-refractivity contribution in [3.8, 4) is 5.75 Å². The molecule has 1 heterocycles. The van der Waals surface area contributed by atoms with Gasteiger partial charge in [0.1, 0.15) is 23.1 Å². The zero-order valence-electron chi connectivity index (χ0n) is 11.4. The lowest BCUT2D eigenvalue weighted by molar-refractivity contribution is 0.409. The number of benzene rings is 1. The summed E-state index contributed by atoms with van der Waals surface area (Å²) in [5.41, 5.74) is 2.86. The Kier molecular flexibility index (Phi) is 3.99. The van der Waals surface area contributed by atoms with E-state index in [0.29, 0.717) is 5.75 Å². The van der Waals surface area contributed by atoms with Crippen molar-refractivity contribution >= 4 is 15.9 Å². The van der Waals surface area contributed by atoms with E-state index in [4.69, 9.17) is 9.15 Å². The van der Waals surface area contributed by atoms with Crippen molar-refractivity contribution in [1.82, 2.24) is 0 Å². The van der Waals surface area contributed by atoms with Crippen molar-refractivity contribution in [2.24, 2.45) is 0 Å². The molecule has 2 rings (SSSR count). The molecule has 0 saturated heterocycles. The fourth-order valence-corrected chi connectivity index (χ4v) is 3.27. The highest BCUT2D eigenvalue weighted by molar-refractivity contribution is 9.09. The Bertz CT molecular complexity index is 604. The van der Waals surface area contributed by atoms with Crippen molar-refractivity contribution in [1.29, 1.82) is 0 Å². The first-order valence-electron chi connectivity index (χ1n) is 5.99. The summed E-state index contributed by atoms with van der Waals surface area (Å²) in [5, 5.41) is 0. The minimum atomic E-state index is -0.282. The fourth-order valence-electron chi connectivity index (χ4n) is 2.24. The molecule has 0 N–H and O–H groups in total. The second-order valence-electron chi connectivity index (χ2n) is 4.50. The lowest BCUT2D eigenvalue weighted by Gasteiger charge is -2.15. The minimum absolute atomic E-state index is 0.157. The quantitative estimate of drug-likeness (QED) is 0.753. The average molecular weight is 327 g/mol. The number of hydrogen-bond donors (Lipinski definition) is 0. The lowest BCUT2D eigenvalue weighted by Crippen LogP contribution is -2.00. The van der Waals surface area contributed by atoms with Crippen LogP contribution in [0.5, 0.6) is 5.75 Å². The van der Waals surface area contributed by atoms with E-state index in [0.717, 1.165) is 28.2 Å². The fraction of sp³-hybridized carbons (Fsp3) is 0.333. The molecule has 0 radical (unpaired) electrons. The van der Waals surface area contributed by atoms with E-state index in [9.17, 15) is 4.39 Å². The van der Waals surface area contributed by atoms with Crippen LogP contribution in [-0.2, 0) is 0 Å². The molecule has 1 aromatic carbocycles. The van der Waals surface area contributed by atoms with Gasteiger partial charge in [0.15, 0.2) is 0 Å². The van der Waals surface area contributed by atoms with Crippen LogP contribution in [0.2, 0.25) is 0 Å². The van der Waals surface area contributed by atoms with Gasteiger partial charge in [-0.3, -0.25) is 0 Å². The summed E-state index contributed by atoms with van der Waals surface area (Å²) in [7, 11) is 1.58. The van der Waals surface area contributed by atoms with E-state index < -0.39 is 0 Å². The molecular weight excluding hydrogens is 311 g/mol. The number of alkyl halides is 1. The summed E-state index contributed by atoms with van der Waals surface area (Å²) in [6.45, 7) is 5.84. The molecular formula is C15H16BrFO2. The molecule has 2 aromatic rings. The smallest absolute Gasteiger partial charge is 0.123 e. The van der Waals surface area contributed by atoms with Gasteiger partial charge in [0, 0.05) is 11.1 Å². The van der Waals surface area contributed by atoms with Crippen LogP contribution in [0.25, 0.3) is 0 Å². The van der Waals surface area contributed by atoms with Gasteiger partial charge in [0.05, 0.1) is 11.9 Å². The summed E-state index contributed by atoms with van der Waals surface area (Å²) in [6.07, 6.45) is 0. The summed E-state index contributed by atoms with van der Waals surface area (Å²) in [6, 6.07) is 4.51. The summed E-state index contributed by atoms with van der Waals surface area (Å²) in [5.74, 6) is 2.09. The van der Waals surface area contributed by atoms with Crippen LogP contribution in [0, 0.1) is 26.6 Å². The second-order valence-corrected chi connectivity index (χ2v) is 5.42. The van der Waals surface area contributed by atoms with Crippen LogP contribution >= 0.6 is 15.9 Å². The molecule has 1 aromatic heterocycles. The van der Waals surface area contributed by atoms with Gasteiger partial charge in [0.25, 0.3) is 0 Å². The maximum atomic E-state index is 13.5. The Labute approximate surface area is 120 Å². The van der Waals surface area contributed by atoms with Crippen LogP contribution in [0.4, 0.5) is 4.39 Å². The molecule has 0 spiro atoms. The Morgan fingerprint density at radius 2 is 1.89 bits per heavy atom. The van der Waals surface area contributed by atoms with Gasteiger partial charge in [-0.1, -0.05) is 15.9 Å². The average Bonchev–Trinajstić information content (AvgIpc) is 2.62. The summed E-state index contributed by atoms with van der Waals surface area (Å²) < 4.78 is 24.4. The number of hydrogen-bond acceptors (Lipinski definition) is 2. The highest BCUT2D eigenvalue weighted by atomic mass is 79.9. The van der Waals surface area contributed by atoms with Crippen molar-refractivity contribution < 1.29 is 13.5 Å². The number of methoxy groups -OCH3 is 1. The Morgan fingerprint density at radius 1 is 1.21 bits per heavy atom. The zero-order chi connectivity index (χ0) is 14.2. The normalized spacial score (nSPS) is 12.5.